The van der Waals surface area contributed by atoms with E-state index in [0.29, 0.717) is 18.8 Å². The summed E-state index contributed by atoms with van der Waals surface area (Å²) in [4.78, 5) is 22.9. The highest BCUT2D eigenvalue weighted by Gasteiger charge is 2.10. The molecule has 16 heavy (non-hydrogen) atoms. The molecule has 1 heterocycles. The van der Waals surface area contributed by atoms with Gasteiger partial charge in [0, 0.05) is 31.3 Å². The van der Waals surface area contributed by atoms with Gasteiger partial charge in [0.15, 0.2) is 0 Å². The van der Waals surface area contributed by atoms with Gasteiger partial charge in [-0.3, -0.25) is 9.59 Å². The quantitative estimate of drug-likeness (QED) is 0.775. The number of carbonyl (C=O) groups is 1. The number of hydrogen-bond donors (Lipinski definition) is 2. The molecule has 5 heteroatoms. The second kappa shape index (κ2) is 5.46. The zero-order chi connectivity index (χ0) is 12.1. The SMILES string of the molecule is CCn1cc(NC(=O)C(C)CN)ccc1=O. The van der Waals surface area contributed by atoms with Crippen LogP contribution in [-0.2, 0) is 11.3 Å². The summed E-state index contributed by atoms with van der Waals surface area (Å²) in [5.74, 6) is -0.370. The van der Waals surface area contributed by atoms with Gasteiger partial charge < -0.3 is 15.6 Å². The van der Waals surface area contributed by atoms with Crippen LogP contribution in [0.5, 0.6) is 0 Å². The van der Waals surface area contributed by atoms with Gasteiger partial charge in [0.2, 0.25) is 5.91 Å². The number of carbonyl (C=O) groups excluding carboxylic acids is 1. The topological polar surface area (TPSA) is 77.1 Å². The number of aromatic nitrogens is 1. The lowest BCUT2D eigenvalue weighted by atomic mass is 10.1. The molecule has 3 N–H and O–H groups in total. The van der Waals surface area contributed by atoms with Crippen molar-refractivity contribution in [1.82, 2.24) is 4.57 Å². The van der Waals surface area contributed by atoms with Crippen LogP contribution in [0, 0.1) is 5.92 Å². The summed E-state index contributed by atoms with van der Waals surface area (Å²) < 4.78 is 1.53. The van der Waals surface area contributed by atoms with Crippen LogP contribution >= 0.6 is 0 Å². The molecule has 0 aliphatic carbocycles. The lowest BCUT2D eigenvalue weighted by molar-refractivity contribution is -0.119. The maximum Gasteiger partial charge on any atom is 0.250 e. The van der Waals surface area contributed by atoms with Gasteiger partial charge in [-0.05, 0) is 13.0 Å². The number of amides is 1. The Morgan fingerprint density at radius 2 is 2.25 bits per heavy atom. The van der Waals surface area contributed by atoms with Crippen molar-refractivity contribution in [2.45, 2.75) is 20.4 Å². The van der Waals surface area contributed by atoms with Gasteiger partial charge in [0.05, 0.1) is 5.69 Å². The zero-order valence-electron chi connectivity index (χ0n) is 9.56. The number of rotatable bonds is 4. The fraction of sp³-hybridized carbons (Fsp3) is 0.455. The smallest absolute Gasteiger partial charge is 0.250 e. The van der Waals surface area contributed by atoms with Crippen LogP contribution in [0.1, 0.15) is 13.8 Å². The third kappa shape index (κ3) is 2.93. The van der Waals surface area contributed by atoms with Crippen molar-refractivity contribution >= 4 is 11.6 Å². The van der Waals surface area contributed by atoms with E-state index in [2.05, 4.69) is 5.32 Å². The van der Waals surface area contributed by atoms with Gasteiger partial charge in [-0.25, -0.2) is 0 Å². The molecule has 1 aromatic heterocycles. The van der Waals surface area contributed by atoms with Crippen molar-refractivity contribution in [3.8, 4) is 0 Å². The van der Waals surface area contributed by atoms with Gasteiger partial charge in [0.25, 0.3) is 5.56 Å². The van der Waals surface area contributed by atoms with E-state index in [1.165, 1.54) is 10.6 Å². The number of anilines is 1. The Kier molecular flexibility index (Phi) is 4.25. The standard InChI is InChI=1S/C11H17N3O2/c1-3-14-7-9(4-5-10(14)15)13-11(16)8(2)6-12/h4-5,7-8H,3,6,12H2,1-2H3,(H,13,16). The molecule has 0 radical (unpaired) electrons. The number of nitrogens with two attached hydrogens (primary N) is 1. The van der Waals surface area contributed by atoms with Crippen LogP contribution in [0.3, 0.4) is 0 Å². The second-order valence-corrected chi connectivity index (χ2v) is 3.67. The molecule has 0 bridgehead atoms. The van der Waals surface area contributed by atoms with Crippen molar-refractivity contribution in [3.05, 3.63) is 28.7 Å². The van der Waals surface area contributed by atoms with Crippen LogP contribution in [0.15, 0.2) is 23.1 Å². The van der Waals surface area contributed by atoms with Gasteiger partial charge in [-0.2, -0.15) is 0 Å². The number of nitrogens with one attached hydrogen (secondary N) is 1. The molecule has 0 saturated carbocycles. The first-order valence-electron chi connectivity index (χ1n) is 5.30. The Bertz CT molecular complexity index is 425. The van der Waals surface area contributed by atoms with E-state index >= 15 is 0 Å². The lowest BCUT2D eigenvalue weighted by Gasteiger charge is -2.11. The molecule has 0 saturated heterocycles. The second-order valence-electron chi connectivity index (χ2n) is 3.67. The Morgan fingerprint density at radius 3 is 2.81 bits per heavy atom. The van der Waals surface area contributed by atoms with Crippen molar-refractivity contribution < 1.29 is 4.79 Å². The summed E-state index contributed by atoms with van der Waals surface area (Å²) in [7, 11) is 0. The van der Waals surface area contributed by atoms with Crippen molar-refractivity contribution in [3.63, 3.8) is 0 Å². The molecule has 0 aromatic carbocycles. The number of aryl methyl sites for hydroxylation is 1. The van der Waals surface area contributed by atoms with E-state index in [1.807, 2.05) is 6.92 Å². The highest BCUT2D eigenvalue weighted by molar-refractivity contribution is 5.92. The van der Waals surface area contributed by atoms with E-state index in [-0.39, 0.29) is 17.4 Å². The van der Waals surface area contributed by atoms with Crippen molar-refractivity contribution in [2.24, 2.45) is 11.7 Å². The molecule has 0 aliphatic rings. The Labute approximate surface area is 94.3 Å². The number of pyridine rings is 1. The summed E-state index contributed by atoms with van der Waals surface area (Å²) >= 11 is 0. The minimum absolute atomic E-state index is 0.0765. The molecular formula is C11H17N3O2. The predicted octanol–water partition coefficient (Wildman–Crippen LogP) is 0.401. The van der Waals surface area contributed by atoms with Gasteiger partial charge in [-0.15, -0.1) is 0 Å². The molecule has 1 amide bonds. The third-order valence-corrected chi connectivity index (χ3v) is 2.39. The van der Waals surface area contributed by atoms with E-state index < -0.39 is 0 Å². The van der Waals surface area contributed by atoms with Crippen LogP contribution in [0.4, 0.5) is 5.69 Å². The first-order valence-corrected chi connectivity index (χ1v) is 5.30. The van der Waals surface area contributed by atoms with E-state index in [4.69, 9.17) is 5.73 Å². The molecule has 0 aliphatic heterocycles. The molecule has 5 nitrogen and oxygen atoms in total. The third-order valence-electron chi connectivity index (χ3n) is 2.39. The molecule has 88 valence electrons. The molecule has 0 spiro atoms. The molecular weight excluding hydrogens is 206 g/mol. The summed E-state index contributed by atoms with van der Waals surface area (Å²) in [5, 5.41) is 2.72. The Balaban J connectivity index is 2.82. The predicted molar refractivity (Wildman–Crippen MR) is 63.2 cm³/mol. The molecule has 1 rings (SSSR count). The molecule has 1 aromatic rings. The summed E-state index contributed by atoms with van der Waals surface area (Å²) in [6.07, 6.45) is 1.63. The highest BCUT2D eigenvalue weighted by Crippen LogP contribution is 2.05. The van der Waals surface area contributed by atoms with E-state index in [9.17, 15) is 9.59 Å². The number of nitrogens with zero attached hydrogens (tertiary/aromatic N) is 1. The zero-order valence-corrected chi connectivity index (χ0v) is 9.56. The average molecular weight is 223 g/mol. The summed E-state index contributed by atoms with van der Waals surface area (Å²) in [6.45, 7) is 4.51. The van der Waals surface area contributed by atoms with Gasteiger partial charge in [-0.1, -0.05) is 6.92 Å². The van der Waals surface area contributed by atoms with Crippen molar-refractivity contribution in [2.75, 3.05) is 11.9 Å². The minimum Gasteiger partial charge on any atom is -0.330 e. The first-order chi connectivity index (χ1) is 7.58. The van der Waals surface area contributed by atoms with Gasteiger partial charge >= 0.3 is 0 Å². The normalized spacial score (nSPS) is 12.2. The van der Waals surface area contributed by atoms with Gasteiger partial charge in [0.1, 0.15) is 0 Å². The Hall–Kier alpha value is -1.62. The Morgan fingerprint density at radius 1 is 1.56 bits per heavy atom. The fourth-order valence-corrected chi connectivity index (χ4v) is 1.22. The average Bonchev–Trinajstić information content (AvgIpc) is 2.30. The van der Waals surface area contributed by atoms with Crippen LogP contribution in [-0.4, -0.2) is 17.0 Å². The van der Waals surface area contributed by atoms with Crippen LogP contribution in [0.2, 0.25) is 0 Å². The minimum atomic E-state index is -0.234. The fourth-order valence-electron chi connectivity index (χ4n) is 1.22. The molecule has 0 fully saturated rings. The highest BCUT2D eigenvalue weighted by atomic mass is 16.2. The summed E-state index contributed by atoms with van der Waals surface area (Å²) in [5.41, 5.74) is 5.93. The molecule has 1 unspecified atom stereocenters. The maximum atomic E-state index is 11.5. The lowest BCUT2D eigenvalue weighted by Crippen LogP contribution is -2.27. The van der Waals surface area contributed by atoms with E-state index in [1.54, 1.807) is 19.2 Å². The van der Waals surface area contributed by atoms with Crippen LogP contribution in [0.25, 0.3) is 0 Å². The maximum absolute atomic E-state index is 11.5. The molecule has 1 atom stereocenters. The van der Waals surface area contributed by atoms with Crippen LogP contribution < -0.4 is 16.6 Å². The largest absolute Gasteiger partial charge is 0.330 e. The van der Waals surface area contributed by atoms with E-state index in [0.717, 1.165) is 0 Å². The summed E-state index contributed by atoms with van der Waals surface area (Å²) in [6, 6.07) is 3.03. The first kappa shape index (κ1) is 12.4. The monoisotopic (exact) mass is 223 g/mol. The number of hydrogen-bond acceptors (Lipinski definition) is 3. The van der Waals surface area contributed by atoms with Crippen molar-refractivity contribution in [1.29, 1.82) is 0 Å².